The molecule has 0 aliphatic carbocycles. The second kappa shape index (κ2) is 9.26. The van der Waals surface area contributed by atoms with Crippen molar-refractivity contribution in [3.63, 3.8) is 0 Å². The fourth-order valence-electron chi connectivity index (χ4n) is 3.17. The number of benzene rings is 3. The number of hydrogen-bond acceptors (Lipinski definition) is 4. The highest BCUT2D eigenvalue weighted by molar-refractivity contribution is 6.48. The molecule has 3 aromatic rings. The van der Waals surface area contributed by atoms with Crippen LogP contribution in [0, 0.1) is 0 Å². The molecular formula is C24H17Cl2N3O3. The maximum atomic E-state index is 12.8. The number of nitrogens with one attached hydrogen (secondary N) is 2. The van der Waals surface area contributed by atoms with Crippen molar-refractivity contribution < 1.29 is 14.4 Å². The molecule has 0 aromatic heterocycles. The molecule has 32 heavy (non-hydrogen) atoms. The van der Waals surface area contributed by atoms with E-state index in [9.17, 15) is 14.4 Å². The maximum Gasteiger partial charge on any atom is 0.279 e. The number of anilines is 2. The first-order chi connectivity index (χ1) is 15.4. The normalized spacial score (nSPS) is 13.5. The molecule has 0 atom stereocenters. The van der Waals surface area contributed by atoms with Gasteiger partial charge in [-0.3, -0.25) is 19.3 Å². The van der Waals surface area contributed by atoms with Crippen molar-refractivity contribution >= 4 is 52.3 Å². The minimum atomic E-state index is -0.557. The Morgan fingerprint density at radius 3 is 2.16 bits per heavy atom. The van der Waals surface area contributed by atoms with E-state index in [0.29, 0.717) is 22.0 Å². The average Bonchev–Trinajstić information content (AvgIpc) is 3.00. The summed E-state index contributed by atoms with van der Waals surface area (Å²) in [5.41, 5.74) is 2.23. The number of halogens is 2. The third kappa shape index (κ3) is 4.51. The maximum absolute atomic E-state index is 12.8. The van der Waals surface area contributed by atoms with Crippen LogP contribution in [-0.4, -0.2) is 22.6 Å². The Labute approximate surface area is 194 Å². The van der Waals surface area contributed by atoms with Crippen LogP contribution in [0.15, 0.2) is 89.6 Å². The smallest absolute Gasteiger partial charge is 0.279 e. The van der Waals surface area contributed by atoms with E-state index < -0.39 is 11.8 Å². The van der Waals surface area contributed by atoms with Crippen LogP contribution in [0.4, 0.5) is 11.4 Å². The molecule has 1 aliphatic heterocycles. The van der Waals surface area contributed by atoms with Crippen LogP contribution in [0.2, 0.25) is 5.02 Å². The molecule has 0 radical (unpaired) electrons. The lowest BCUT2D eigenvalue weighted by Crippen LogP contribution is -2.31. The van der Waals surface area contributed by atoms with Crippen LogP contribution in [-0.2, 0) is 16.1 Å². The van der Waals surface area contributed by atoms with E-state index in [4.69, 9.17) is 23.2 Å². The van der Waals surface area contributed by atoms with E-state index in [2.05, 4.69) is 10.6 Å². The number of para-hydroxylation sites is 1. The summed E-state index contributed by atoms with van der Waals surface area (Å²) in [4.78, 5) is 38.8. The fraction of sp³-hybridized carbons (Fsp3) is 0.0417. The van der Waals surface area contributed by atoms with Gasteiger partial charge in [0.05, 0.1) is 17.3 Å². The fourth-order valence-corrected chi connectivity index (χ4v) is 3.58. The minimum Gasteiger partial charge on any atom is -0.350 e. The van der Waals surface area contributed by atoms with E-state index in [1.165, 1.54) is 0 Å². The van der Waals surface area contributed by atoms with E-state index in [1.807, 2.05) is 30.3 Å². The lowest BCUT2D eigenvalue weighted by Gasteiger charge is -2.15. The minimum absolute atomic E-state index is 0.000802. The van der Waals surface area contributed by atoms with E-state index in [-0.39, 0.29) is 23.2 Å². The van der Waals surface area contributed by atoms with Crippen molar-refractivity contribution in [2.45, 2.75) is 6.54 Å². The Balaban J connectivity index is 1.45. The Morgan fingerprint density at radius 2 is 1.47 bits per heavy atom. The highest BCUT2D eigenvalue weighted by Gasteiger charge is 2.37. The molecular weight excluding hydrogens is 449 g/mol. The van der Waals surface area contributed by atoms with E-state index >= 15 is 0 Å². The SMILES string of the molecule is O=C(Nc1ccccc1Cl)c1ccc(NC2=C(Cl)C(=O)N(Cc3ccccc3)C2=O)cc1. The van der Waals surface area contributed by atoms with Crippen molar-refractivity contribution in [3.05, 3.63) is 106 Å². The van der Waals surface area contributed by atoms with Gasteiger partial charge in [0.15, 0.2) is 0 Å². The molecule has 6 nitrogen and oxygen atoms in total. The summed E-state index contributed by atoms with van der Waals surface area (Å²) in [6.07, 6.45) is 0. The van der Waals surface area contributed by atoms with Gasteiger partial charge in [0.1, 0.15) is 10.7 Å². The number of carbonyl (C=O) groups excluding carboxylic acids is 3. The highest BCUT2D eigenvalue weighted by atomic mass is 35.5. The number of imide groups is 1. The summed E-state index contributed by atoms with van der Waals surface area (Å²) >= 11 is 12.2. The molecule has 3 aromatic carbocycles. The van der Waals surface area contributed by atoms with Crippen LogP contribution in [0.1, 0.15) is 15.9 Å². The summed E-state index contributed by atoms with van der Waals surface area (Å²) < 4.78 is 0. The van der Waals surface area contributed by atoms with Crippen LogP contribution < -0.4 is 10.6 Å². The predicted octanol–water partition coefficient (Wildman–Crippen LogP) is 5.02. The van der Waals surface area contributed by atoms with Gasteiger partial charge < -0.3 is 10.6 Å². The van der Waals surface area contributed by atoms with Crippen LogP contribution in [0.5, 0.6) is 0 Å². The second-order valence-electron chi connectivity index (χ2n) is 7.01. The monoisotopic (exact) mass is 465 g/mol. The van der Waals surface area contributed by atoms with Crippen LogP contribution >= 0.6 is 23.2 Å². The molecule has 160 valence electrons. The zero-order valence-corrected chi connectivity index (χ0v) is 18.2. The van der Waals surface area contributed by atoms with Crippen molar-refractivity contribution in [2.75, 3.05) is 10.6 Å². The van der Waals surface area contributed by atoms with Gasteiger partial charge in [0, 0.05) is 11.3 Å². The lowest BCUT2D eigenvalue weighted by molar-refractivity contribution is -0.138. The van der Waals surface area contributed by atoms with Gasteiger partial charge in [-0.1, -0.05) is 65.7 Å². The zero-order valence-electron chi connectivity index (χ0n) is 16.6. The molecule has 0 spiro atoms. The first-order valence-electron chi connectivity index (χ1n) is 9.67. The van der Waals surface area contributed by atoms with Crippen LogP contribution in [0.3, 0.4) is 0 Å². The van der Waals surface area contributed by atoms with Gasteiger partial charge in [0.2, 0.25) is 0 Å². The number of hydrogen-bond donors (Lipinski definition) is 2. The summed E-state index contributed by atoms with van der Waals surface area (Å²) in [7, 11) is 0. The lowest BCUT2D eigenvalue weighted by atomic mass is 10.2. The molecule has 0 unspecified atom stereocenters. The van der Waals surface area contributed by atoms with Gasteiger partial charge in [-0.2, -0.15) is 0 Å². The summed E-state index contributed by atoms with van der Waals surface area (Å²) in [5.74, 6) is -1.40. The molecule has 0 saturated carbocycles. The van der Waals surface area contributed by atoms with Crippen molar-refractivity contribution in [1.82, 2.24) is 4.90 Å². The molecule has 0 saturated heterocycles. The van der Waals surface area contributed by atoms with Gasteiger partial charge in [-0.25, -0.2) is 0 Å². The highest BCUT2D eigenvalue weighted by Crippen LogP contribution is 2.27. The Bertz CT molecular complexity index is 1220. The molecule has 0 bridgehead atoms. The Kier molecular flexibility index (Phi) is 6.25. The van der Waals surface area contributed by atoms with E-state index in [0.717, 1.165) is 10.5 Å². The third-order valence-corrected chi connectivity index (χ3v) is 5.51. The number of rotatable bonds is 6. The molecule has 8 heteroatoms. The predicted molar refractivity (Wildman–Crippen MR) is 124 cm³/mol. The molecule has 2 N–H and O–H groups in total. The first-order valence-corrected chi connectivity index (χ1v) is 10.4. The second-order valence-corrected chi connectivity index (χ2v) is 7.79. The first kappa shape index (κ1) is 21.6. The molecule has 1 aliphatic rings. The molecule has 0 fully saturated rings. The Morgan fingerprint density at radius 1 is 0.812 bits per heavy atom. The number of amides is 3. The zero-order chi connectivity index (χ0) is 22.7. The van der Waals surface area contributed by atoms with Crippen LogP contribution in [0.25, 0.3) is 0 Å². The van der Waals surface area contributed by atoms with Crippen molar-refractivity contribution in [1.29, 1.82) is 0 Å². The number of nitrogens with zero attached hydrogens (tertiary/aromatic N) is 1. The van der Waals surface area contributed by atoms with Gasteiger partial charge >= 0.3 is 0 Å². The Hall–Kier alpha value is -3.61. The van der Waals surface area contributed by atoms with Gasteiger partial charge in [-0.15, -0.1) is 0 Å². The van der Waals surface area contributed by atoms with E-state index in [1.54, 1.807) is 48.5 Å². The van der Waals surface area contributed by atoms with Crippen molar-refractivity contribution in [2.24, 2.45) is 0 Å². The summed E-state index contributed by atoms with van der Waals surface area (Å²) in [6, 6.07) is 22.5. The molecule has 3 amide bonds. The third-order valence-electron chi connectivity index (χ3n) is 4.83. The quantitative estimate of drug-likeness (QED) is 0.500. The summed E-state index contributed by atoms with van der Waals surface area (Å²) in [5, 5.41) is 5.90. The number of carbonyl (C=O) groups is 3. The topological polar surface area (TPSA) is 78.5 Å². The summed E-state index contributed by atoms with van der Waals surface area (Å²) in [6.45, 7) is 0.126. The van der Waals surface area contributed by atoms with Gasteiger partial charge in [0.25, 0.3) is 17.7 Å². The average molecular weight is 466 g/mol. The standard InChI is InChI=1S/C24H17Cl2N3O3/c25-18-8-4-5-9-19(18)28-22(30)16-10-12-17(13-11-16)27-21-20(26)23(31)29(24(21)32)14-15-6-2-1-3-7-15/h1-13,27H,14H2,(H,28,30). The molecule has 1 heterocycles. The largest absolute Gasteiger partial charge is 0.350 e. The molecule has 4 rings (SSSR count). The van der Waals surface area contributed by atoms with Gasteiger partial charge in [-0.05, 0) is 42.0 Å². The van der Waals surface area contributed by atoms with Crippen molar-refractivity contribution in [3.8, 4) is 0 Å².